The lowest BCUT2D eigenvalue weighted by Crippen LogP contribution is -2.39. The van der Waals surface area contributed by atoms with Gasteiger partial charge in [-0.1, -0.05) is 27.2 Å². The summed E-state index contributed by atoms with van der Waals surface area (Å²) in [4.78, 5) is 13.4. The van der Waals surface area contributed by atoms with Crippen molar-refractivity contribution < 1.29 is 4.79 Å². The van der Waals surface area contributed by atoms with Crippen molar-refractivity contribution in [2.45, 2.75) is 59.9 Å². The van der Waals surface area contributed by atoms with E-state index in [-0.39, 0.29) is 5.91 Å². The van der Waals surface area contributed by atoms with Gasteiger partial charge in [-0.15, -0.1) is 0 Å². The van der Waals surface area contributed by atoms with Crippen LogP contribution in [0.4, 0.5) is 0 Å². The summed E-state index contributed by atoms with van der Waals surface area (Å²) < 4.78 is 0. The average Bonchev–Trinajstić information content (AvgIpc) is 2.03. The molecule has 0 bridgehead atoms. The number of carbonyl (C=O) groups excluding carboxylic acids is 1. The van der Waals surface area contributed by atoms with E-state index in [1.54, 1.807) is 6.92 Å². The lowest BCUT2D eigenvalue weighted by Gasteiger charge is -2.31. The molecule has 0 fully saturated rings. The van der Waals surface area contributed by atoms with E-state index in [4.69, 9.17) is 0 Å². The highest BCUT2D eigenvalue weighted by Gasteiger charge is 2.19. The SMILES string of the molecule is CCCC(CC(C)C)N(CC)C(C)=O. The van der Waals surface area contributed by atoms with Crippen LogP contribution < -0.4 is 0 Å². The molecule has 0 aromatic rings. The second-order valence-electron chi connectivity index (χ2n) is 4.38. The smallest absolute Gasteiger partial charge is 0.219 e. The van der Waals surface area contributed by atoms with Gasteiger partial charge in [-0.25, -0.2) is 0 Å². The Morgan fingerprint density at radius 2 is 1.86 bits per heavy atom. The largest absolute Gasteiger partial charge is 0.340 e. The Bertz CT molecular complexity index is 166. The monoisotopic (exact) mass is 199 g/mol. The summed E-state index contributed by atoms with van der Waals surface area (Å²) >= 11 is 0. The summed E-state index contributed by atoms with van der Waals surface area (Å²) in [5, 5.41) is 0. The van der Waals surface area contributed by atoms with Crippen molar-refractivity contribution in [3.05, 3.63) is 0 Å². The molecule has 14 heavy (non-hydrogen) atoms. The van der Waals surface area contributed by atoms with Crippen LogP contribution in [0.25, 0.3) is 0 Å². The predicted octanol–water partition coefficient (Wildman–Crippen LogP) is 3.07. The third-order valence-electron chi connectivity index (χ3n) is 2.55. The molecule has 1 unspecified atom stereocenters. The second-order valence-corrected chi connectivity index (χ2v) is 4.38. The average molecular weight is 199 g/mol. The molecule has 0 spiro atoms. The molecule has 0 saturated carbocycles. The van der Waals surface area contributed by atoms with Gasteiger partial charge >= 0.3 is 0 Å². The van der Waals surface area contributed by atoms with Crippen LogP contribution in [0, 0.1) is 5.92 Å². The molecule has 0 N–H and O–H groups in total. The van der Waals surface area contributed by atoms with Crippen molar-refractivity contribution in [3.63, 3.8) is 0 Å². The molecule has 0 saturated heterocycles. The minimum atomic E-state index is 0.214. The highest BCUT2D eigenvalue weighted by Crippen LogP contribution is 2.16. The van der Waals surface area contributed by atoms with Crippen LogP contribution in [0.1, 0.15) is 53.9 Å². The molecule has 0 aliphatic heterocycles. The summed E-state index contributed by atoms with van der Waals surface area (Å²) in [6, 6.07) is 0.447. The Morgan fingerprint density at radius 1 is 1.29 bits per heavy atom. The molecular formula is C12H25NO. The van der Waals surface area contributed by atoms with Crippen LogP contribution >= 0.6 is 0 Å². The van der Waals surface area contributed by atoms with Gasteiger partial charge in [-0.05, 0) is 25.7 Å². The summed E-state index contributed by atoms with van der Waals surface area (Å²) in [6.45, 7) is 11.2. The quantitative estimate of drug-likeness (QED) is 0.644. The van der Waals surface area contributed by atoms with Crippen molar-refractivity contribution >= 4 is 5.91 Å². The molecule has 2 heteroatoms. The Labute approximate surface area is 88.7 Å². The van der Waals surface area contributed by atoms with Gasteiger partial charge in [0.1, 0.15) is 0 Å². The maximum absolute atomic E-state index is 11.4. The molecule has 0 aromatic carbocycles. The van der Waals surface area contributed by atoms with Gasteiger partial charge in [-0.2, -0.15) is 0 Å². The van der Waals surface area contributed by atoms with Crippen LogP contribution in [0.2, 0.25) is 0 Å². The van der Waals surface area contributed by atoms with E-state index in [1.807, 2.05) is 4.90 Å². The molecule has 0 aliphatic carbocycles. The van der Waals surface area contributed by atoms with E-state index in [0.717, 1.165) is 25.8 Å². The topological polar surface area (TPSA) is 20.3 Å². The minimum Gasteiger partial charge on any atom is -0.340 e. The summed E-state index contributed by atoms with van der Waals surface area (Å²) in [5.41, 5.74) is 0. The summed E-state index contributed by atoms with van der Waals surface area (Å²) in [7, 11) is 0. The van der Waals surface area contributed by atoms with E-state index in [2.05, 4.69) is 27.7 Å². The molecule has 0 aliphatic rings. The first-order chi connectivity index (χ1) is 6.52. The van der Waals surface area contributed by atoms with Gasteiger partial charge in [0.25, 0.3) is 0 Å². The highest BCUT2D eigenvalue weighted by molar-refractivity contribution is 5.73. The minimum absolute atomic E-state index is 0.214. The van der Waals surface area contributed by atoms with Gasteiger partial charge in [0.15, 0.2) is 0 Å². The molecule has 2 nitrogen and oxygen atoms in total. The molecule has 84 valence electrons. The third-order valence-corrected chi connectivity index (χ3v) is 2.55. The zero-order chi connectivity index (χ0) is 11.1. The molecule has 0 aromatic heterocycles. The van der Waals surface area contributed by atoms with Crippen LogP contribution in [0.15, 0.2) is 0 Å². The maximum atomic E-state index is 11.4. The molecule has 0 heterocycles. The molecule has 0 rings (SSSR count). The Kier molecular flexibility index (Phi) is 6.60. The first kappa shape index (κ1) is 13.5. The van der Waals surface area contributed by atoms with Crippen LogP contribution in [-0.4, -0.2) is 23.4 Å². The van der Waals surface area contributed by atoms with Crippen molar-refractivity contribution in [3.8, 4) is 0 Å². The van der Waals surface area contributed by atoms with Gasteiger partial charge in [0.2, 0.25) is 5.91 Å². The molecule has 1 atom stereocenters. The Morgan fingerprint density at radius 3 is 2.14 bits per heavy atom. The second kappa shape index (κ2) is 6.86. The zero-order valence-corrected chi connectivity index (χ0v) is 10.3. The third kappa shape index (κ3) is 4.64. The normalized spacial score (nSPS) is 13.0. The van der Waals surface area contributed by atoms with Crippen molar-refractivity contribution in [2.24, 2.45) is 5.92 Å². The van der Waals surface area contributed by atoms with Crippen molar-refractivity contribution in [1.82, 2.24) is 4.90 Å². The van der Waals surface area contributed by atoms with Crippen LogP contribution in [-0.2, 0) is 4.79 Å². The number of hydrogen-bond acceptors (Lipinski definition) is 1. The maximum Gasteiger partial charge on any atom is 0.219 e. The van der Waals surface area contributed by atoms with Crippen molar-refractivity contribution in [2.75, 3.05) is 6.54 Å². The standard InChI is InChI=1S/C12H25NO/c1-6-8-12(9-10(3)4)13(7-2)11(5)14/h10,12H,6-9H2,1-5H3. The van der Waals surface area contributed by atoms with Gasteiger partial charge < -0.3 is 4.90 Å². The van der Waals surface area contributed by atoms with Crippen LogP contribution in [0.3, 0.4) is 0 Å². The number of hydrogen-bond donors (Lipinski definition) is 0. The fraction of sp³-hybridized carbons (Fsp3) is 0.917. The fourth-order valence-corrected chi connectivity index (χ4v) is 2.02. The molecule has 0 radical (unpaired) electrons. The predicted molar refractivity (Wildman–Crippen MR) is 61.2 cm³/mol. The Hall–Kier alpha value is -0.530. The van der Waals surface area contributed by atoms with E-state index in [0.29, 0.717) is 12.0 Å². The molecular weight excluding hydrogens is 174 g/mol. The number of nitrogens with zero attached hydrogens (tertiary/aromatic N) is 1. The zero-order valence-electron chi connectivity index (χ0n) is 10.3. The fourth-order valence-electron chi connectivity index (χ4n) is 2.02. The van der Waals surface area contributed by atoms with Crippen LogP contribution in [0.5, 0.6) is 0 Å². The summed E-state index contributed by atoms with van der Waals surface area (Å²) in [5.74, 6) is 0.881. The first-order valence-electron chi connectivity index (χ1n) is 5.80. The highest BCUT2D eigenvalue weighted by atomic mass is 16.2. The van der Waals surface area contributed by atoms with E-state index in [1.165, 1.54) is 0 Å². The lowest BCUT2D eigenvalue weighted by atomic mass is 9.98. The summed E-state index contributed by atoms with van der Waals surface area (Å²) in [6.07, 6.45) is 3.41. The first-order valence-corrected chi connectivity index (χ1v) is 5.80. The molecule has 1 amide bonds. The number of carbonyl (C=O) groups is 1. The van der Waals surface area contributed by atoms with Gasteiger partial charge in [-0.3, -0.25) is 4.79 Å². The van der Waals surface area contributed by atoms with E-state index < -0.39 is 0 Å². The van der Waals surface area contributed by atoms with Gasteiger partial charge in [0.05, 0.1) is 0 Å². The lowest BCUT2D eigenvalue weighted by molar-refractivity contribution is -0.131. The van der Waals surface area contributed by atoms with E-state index >= 15 is 0 Å². The van der Waals surface area contributed by atoms with Gasteiger partial charge in [0, 0.05) is 19.5 Å². The van der Waals surface area contributed by atoms with E-state index in [9.17, 15) is 4.79 Å². The van der Waals surface area contributed by atoms with Crippen molar-refractivity contribution in [1.29, 1.82) is 0 Å². The Balaban J connectivity index is 4.34. The number of rotatable bonds is 6. The number of amides is 1.